The van der Waals surface area contributed by atoms with Crippen LogP contribution in [-0.2, 0) is 14.4 Å². The Labute approximate surface area is 162 Å². The second kappa shape index (κ2) is 15.2. The molecule has 0 aliphatic rings. The van der Waals surface area contributed by atoms with Crippen molar-refractivity contribution in [1.29, 1.82) is 0 Å². The minimum absolute atomic E-state index is 0.104. The second-order valence-electron chi connectivity index (χ2n) is 7.11. The van der Waals surface area contributed by atoms with Gasteiger partial charge in [0.25, 0.3) is 0 Å². The molecule has 0 aromatic heterocycles. The van der Waals surface area contributed by atoms with Gasteiger partial charge in [0.05, 0.1) is 39.0 Å². The third-order valence-corrected chi connectivity index (χ3v) is 4.78. The molecule has 0 aromatic rings. The summed E-state index contributed by atoms with van der Waals surface area (Å²) in [6, 6.07) is 0. The van der Waals surface area contributed by atoms with E-state index in [1.165, 1.54) is 12.8 Å². The summed E-state index contributed by atoms with van der Waals surface area (Å²) in [5.74, 6) is -3.11. The molecule has 156 valence electrons. The monoisotopic (exact) mass is 385 g/mol. The minimum atomic E-state index is -1.19. The number of quaternary nitrogens is 1. The molecular formula is C20H35NO6. The largest absolute Gasteiger partial charge is 0.550 e. The van der Waals surface area contributed by atoms with E-state index in [0.717, 1.165) is 32.1 Å². The Hall–Kier alpha value is -1.89. The van der Waals surface area contributed by atoms with Crippen molar-refractivity contribution in [3.8, 4) is 0 Å². The van der Waals surface area contributed by atoms with Crippen LogP contribution in [0.3, 0.4) is 0 Å². The molecule has 0 aliphatic carbocycles. The van der Waals surface area contributed by atoms with Gasteiger partial charge in [0.1, 0.15) is 0 Å². The van der Waals surface area contributed by atoms with Crippen molar-refractivity contribution < 1.29 is 34.2 Å². The van der Waals surface area contributed by atoms with E-state index in [1.54, 1.807) is 0 Å². The van der Waals surface area contributed by atoms with Crippen molar-refractivity contribution in [2.24, 2.45) is 0 Å². The van der Waals surface area contributed by atoms with Gasteiger partial charge in [-0.25, -0.2) is 0 Å². The van der Waals surface area contributed by atoms with E-state index >= 15 is 0 Å². The maximum atomic E-state index is 11.0. The zero-order valence-corrected chi connectivity index (χ0v) is 16.5. The van der Waals surface area contributed by atoms with Crippen molar-refractivity contribution in [3.05, 3.63) is 12.2 Å². The van der Waals surface area contributed by atoms with E-state index < -0.39 is 17.9 Å². The van der Waals surface area contributed by atoms with Crippen LogP contribution in [0.2, 0.25) is 0 Å². The topological polar surface area (TPSA) is 115 Å². The molecule has 0 radical (unpaired) electrons. The Kier molecular flexibility index (Phi) is 14.1. The lowest BCUT2D eigenvalue weighted by Crippen LogP contribution is -2.53. The van der Waals surface area contributed by atoms with Gasteiger partial charge >= 0.3 is 11.9 Å². The number of hydrogen-bond donors (Lipinski definition) is 2. The van der Waals surface area contributed by atoms with E-state index in [4.69, 9.17) is 10.2 Å². The first-order valence-corrected chi connectivity index (χ1v) is 9.95. The summed E-state index contributed by atoms with van der Waals surface area (Å²) in [6.45, 7) is 3.44. The SMILES string of the molecule is CCCC/C=C/CCCCC[N+](CCC(=O)[O-])(CCC(=O)O)CCC(=O)O. The van der Waals surface area contributed by atoms with Crippen LogP contribution in [0.1, 0.15) is 71.1 Å². The van der Waals surface area contributed by atoms with E-state index in [-0.39, 0.29) is 43.4 Å². The van der Waals surface area contributed by atoms with Gasteiger partial charge in [0.2, 0.25) is 0 Å². The molecule has 7 heteroatoms. The third-order valence-electron chi connectivity index (χ3n) is 4.78. The summed E-state index contributed by atoms with van der Waals surface area (Å²) in [7, 11) is 0. The van der Waals surface area contributed by atoms with Gasteiger partial charge in [-0.2, -0.15) is 0 Å². The average molecular weight is 386 g/mol. The summed E-state index contributed by atoms with van der Waals surface area (Å²) < 4.78 is 0.207. The highest BCUT2D eigenvalue weighted by Crippen LogP contribution is 2.16. The van der Waals surface area contributed by atoms with Crippen LogP contribution < -0.4 is 5.11 Å². The van der Waals surface area contributed by atoms with Crippen LogP contribution in [0.4, 0.5) is 0 Å². The lowest BCUT2D eigenvalue weighted by Gasteiger charge is -2.38. The van der Waals surface area contributed by atoms with E-state index in [2.05, 4.69) is 19.1 Å². The average Bonchev–Trinajstić information content (AvgIpc) is 2.61. The van der Waals surface area contributed by atoms with Crippen LogP contribution in [-0.4, -0.2) is 58.8 Å². The predicted molar refractivity (Wildman–Crippen MR) is 101 cm³/mol. The molecule has 0 amide bonds. The molecule has 0 spiro atoms. The third kappa shape index (κ3) is 14.9. The summed E-state index contributed by atoms with van der Waals surface area (Å²) in [5, 5.41) is 28.9. The first kappa shape index (κ1) is 25.1. The molecule has 0 saturated heterocycles. The zero-order chi connectivity index (χ0) is 20.5. The molecule has 0 aromatic carbocycles. The summed E-state index contributed by atoms with van der Waals surface area (Å²) in [5.41, 5.74) is 0. The molecule has 2 N–H and O–H groups in total. The fraction of sp³-hybridized carbons (Fsp3) is 0.750. The molecule has 0 rings (SSSR count). The smallest absolute Gasteiger partial charge is 0.309 e. The molecule has 0 aliphatic heterocycles. The van der Waals surface area contributed by atoms with E-state index in [0.29, 0.717) is 6.54 Å². The van der Waals surface area contributed by atoms with Gasteiger partial charge in [0, 0.05) is 12.4 Å². The number of carbonyl (C=O) groups is 3. The Bertz CT molecular complexity index is 430. The van der Waals surface area contributed by atoms with E-state index in [1.807, 2.05) is 0 Å². The summed E-state index contributed by atoms with van der Waals surface area (Å²) >= 11 is 0. The number of carboxylic acid groups (broad SMARTS) is 3. The molecule has 0 bridgehead atoms. The van der Waals surface area contributed by atoms with Crippen molar-refractivity contribution in [2.45, 2.75) is 71.1 Å². The highest BCUT2D eigenvalue weighted by molar-refractivity contribution is 5.67. The number of allylic oxidation sites excluding steroid dienone is 2. The quantitative estimate of drug-likeness (QED) is 0.212. The summed E-state index contributed by atoms with van der Waals surface area (Å²) in [6.07, 6.45) is 11.2. The van der Waals surface area contributed by atoms with Crippen LogP contribution in [0.5, 0.6) is 0 Å². The van der Waals surface area contributed by atoms with Gasteiger partial charge in [-0.05, 0) is 32.1 Å². The molecule has 0 fully saturated rings. The fourth-order valence-corrected chi connectivity index (χ4v) is 3.11. The highest BCUT2D eigenvalue weighted by Gasteiger charge is 2.28. The van der Waals surface area contributed by atoms with Gasteiger partial charge in [-0.15, -0.1) is 0 Å². The fourth-order valence-electron chi connectivity index (χ4n) is 3.11. The van der Waals surface area contributed by atoms with Crippen molar-refractivity contribution in [2.75, 3.05) is 26.2 Å². The molecule has 7 nitrogen and oxygen atoms in total. The minimum Gasteiger partial charge on any atom is -0.550 e. The molecule has 0 heterocycles. The molecule has 0 unspecified atom stereocenters. The maximum Gasteiger partial charge on any atom is 0.309 e. The van der Waals surface area contributed by atoms with Crippen molar-refractivity contribution in [1.82, 2.24) is 0 Å². The molecule has 0 atom stereocenters. The standard InChI is InChI=1S/C20H35NO6/c1-2-3-4-5-6-7-8-9-10-14-21(15-11-18(22)23,16-12-19(24)25)17-13-20(26)27/h5-6H,2-4,7-17H2,1H3,(H2-,22,23,24,25,26,27)/b6-5+. The number of carbonyl (C=O) groups excluding carboxylic acids is 1. The Morgan fingerprint density at radius 2 is 1.30 bits per heavy atom. The molecule has 0 saturated carbocycles. The van der Waals surface area contributed by atoms with Gasteiger partial charge < -0.3 is 24.6 Å². The van der Waals surface area contributed by atoms with Crippen LogP contribution in [0, 0.1) is 0 Å². The highest BCUT2D eigenvalue weighted by atomic mass is 16.4. The number of nitrogens with zero attached hydrogens (tertiary/aromatic N) is 1. The van der Waals surface area contributed by atoms with E-state index in [9.17, 15) is 19.5 Å². The van der Waals surface area contributed by atoms with Crippen LogP contribution in [0.25, 0.3) is 0 Å². The van der Waals surface area contributed by atoms with Crippen LogP contribution >= 0.6 is 0 Å². The first-order chi connectivity index (χ1) is 12.8. The number of hydrogen-bond acceptors (Lipinski definition) is 4. The van der Waals surface area contributed by atoms with Gasteiger partial charge in [-0.3, -0.25) is 9.59 Å². The molecular weight excluding hydrogens is 350 g/mol. The number of aliphatic carboxylic acids is 3. The van der Waals surface area contributed by atoms with Gasteiger partial charge in [-0.1, -0.05) is 31.9 Å². The first-order valence-electron chi connectivity index (χ1n) is 9.95. The molecule has 27 heavy (non-hydrogen) atoms. The Balaban J connectivity index is 4.62. The number of carboxylic acids is 3. The normalized spacial score (nSPS) is 11.7. The lowest BCUT2D eigenvalue weighted by molar-refractivity contribution is -0.927. The zero-order valence-electron chi connectivity index (χ0n) is 16.5. The predicted octanol–water partition coefficient (Wildman–Crippen LogP) is 2.20. The van der Waals surface area contributed by atoms with Gasteiger partial charge in [0.15, 0.2) is 0 Å². The van der Waals surface area contributed by atoms with Crippen LogP contribution in [0.15, 0.2) is 12.2 Å². The number of rotatable bonds is 18. The Morgan fingerprint density at radius 3 is 1.78 bits per heavy atom. The van der Waals surface area contributed by atoms with Crippen molar-refractivity contribution >= 4 is 17.9 Å². The second-order valence-corrected chi connectivity index (χ2v) is 7.11. The number of unbranched alkanes of at least 4 members (excludes halogenated alkanes) is 5. The maximum absolute atomic E-state index is 11.0. The van der Waals surface area contributed by atoms with Crippen molar-refractivity contribution in [3.63, 3.8) is 0 Å². The lowest BCUT2D eigenvalue weighted by atomic mass is 10.1. The Morgan fingerprint density at radius 1 is 0.778 bits per heavy atom. The summed E-state index contributed by atoms with van der Waals surface area (Å²) in [4.78, 5) is 32.8.